The Hall–Kier alpha value is -1.87. The van der Waals surface area contributed by atoms with Crippen molar-refractivity contribution in [3.8, 4) is 5.75 Å². The van der Waals surface area contributed by atoms with E-state index in [0.717, 1.165) is 11.3 Å². The van der Waals surface area contributed by atoms with Gasteiger partial charge in [0.2, 0.25) is 0 Å². The Kier molecular flexibility index (Phi) is 4.97. The van der Waals surface area contributed by atoms with Crippen molar-refractivity contribution in [3.05, 3.63) is 65.0 Å². The molecule has 1 atom stereocenters. The summed E-state index contributed by atoms with van der Waals surface area (Å²) >= 11 is 0. The average molecular weight is 287 g/mol. The fraction of sp³-hybridized carbons (Fsp3) is 0.333. The first-order valence-electron chi connectivity index (χ1n) is 7.22. The van der Waals surface area contributed by atoms with Crippen LogP contribution in [0.1, 0.15) is 36.6 Å². The topological polar surface area (TPSA) is 21.3 Å². The number of benzene rings is 2. The van der Waals surface area contributed by atoms with Gasteiger partial charge in [-0.2, -0.15) is 0 Å². The van der Waals surface area contributed by atoms with E-state index < -0.39 is 0 Å². The Morgan fingerprint density at radius 3 is 2.33 bits per heavy atom. The van der Waals surface area contributed by atoms with Crippen LogP contribution in [0.3, 0.4) is 0 Å². The number of halogens is 1. The van der Waals surface area contributed by atoms with Crippen LogP contribution < -0.4 is 10.1 Å². The van der Waals surface area contributed by atoms with Crippen molar-refractivity contribution in [1.82, 2.24) is 5.32 Å². The molecule has 0 heterocycles. The molecule has 0 aromatic heterocycles. The molecule has 0 spiro atoms. The lowest BCUT2D eigenvalue weighted by molar-refractivity contribution is 0.238. The second-order valence-electron chi connectivity index (χ2n) is 5.40. The van der Waals surface area contributed by atoms with Crippen molar-refractivity contribution < 1.29 is 9.13 Å². The number of hydrogen-bond acceptors (Lipinski definition) is 2. The zero-order valence-electron chi connectivity index (χ0n) is 13.0. The van der Waals surface area contributed by atoms with Crippen molar-refractivity contribution in [1.29, 1.82) is 0 Å². The Morgan fingerprint density at radius 2 is 1.67 bits per heavy atom. The van der Waals surface area contributed by atoms with E-state index in [2.05, 4.69) is 5.32 Å². The van der Waals surface area contributed by atoms with Crippen molar-refractivity contribution >= 4 is 0 Å². The van der Waals surface area contributed by atoms with E-state index in [4.69, 9.17) is 4.74 Å². The molecule has 1 N–H and O–H groups in total. The van der Waals surface area contributed by atoms with Gasteiger partial charge in [-0.05, 0) is 39.4 Å². The first-order valence-corrected chi connectivity index (χ1v) is 7.22. The van der Waals surface area contributed by atoms with Gasteiger partial charge >= 0.3 is 0 Å². The lowest BCUT2D eigenvalue weighted by Crippen LogP contribution is -2.21. The number of nitrogens with one attached hydrogen (secondary N) is 1. The molecule has 112 valence electrons. The molecule has 0 saturated heterocycles. The van der Waals surface area contributed by atoms with Crippen LogP contribution in [-0.2, 0) is 0 Å². The van der Waals surface area contributed by atoms with Crippen molar-refractivity contribution in [2.45, 2.75) is 32.9 Å². The molecule has 0 saturated carbocycles. The van der Waals surface area contributed by atoms with E-state index in [9.17, 15) is 4.39 Å². The predicted molar refractivity (Wildman–Crippen MR) is 84.2 cm³/mol. The van der Waals surface area contributed by atoms with Gasteiger partial charge in [0.05, 0.1) is 12.1 Å². The predicted octanol–water partition coefficient (Wildman–Crippen LogP) is 4.23. The minimum atomic E-state index is -0.236. The van der Waals surface area contributed by atoms with Crippen molar-refractivity contribution in [3.63, 3.8) is 0 Å². The summed E-state index contributed by atoms with van der Waals surface area (Å²) in [6.45, 7) is 5.75. The van der Waals surface area contributed by atoms with Crippen LogP contribution in [-0.4, -0.2) is 13.2 Å². The highest BCUT2D eigenvalue weighted by atomic mass is 19.1. The second kappa shape index (κ2) is 6.72. The highest BCUT2D eigenvalue weighted by molar-refractivity contribution is 5.43. The number of hydrogen-bond donors (Lipinski definition) is 1. The Balaban J connectivity index is 2.49. The molecule has 3 heteroatoms. The van der Waals surface area contributed by atoms with Crippen LogP contribution in [0.5, 0.6) is 5.75 Å². The molecule has 2 aromatic carbocycles. The van der Waals surface area contributed by atoms with E-state index in [-0.39, 0.29) is 18.0 Å². The fourth-order valence-electron chi connectivity index (χ4n) is 2.45. The number of aryl methyl sites for hydroxylation is 1. The Labute approximate surface area is 126 Å². The normalized spacial score (nSPS) is 12.5. The van der Waals surface area contributed by atoms with Gasteiger partial charge in [-0.15, -0.1) is 0 Å². The van der Waals surface area contributed by atoms with Gasteiger partial charge in [0.15, 0.2) is 0 Å². The summed E-state index contributed by atoms with van der Waals surface area (Å²) in [7, 11) is 1.83. The lowest BCUT2D eigenvalue weighted by Gasteiger charge is -2.22. The summed E-state index contributed by atoms with van der Waals surface area (Å²) in [4.78, 5) is 0. The third-order valence-corrected chi connectivity index (χ3v) is 3.41. The van der Waals surface area contributed by atoms with Gasteiger partial charge < -0.3 is 10.1 Å². The minimum absolute atomic E-state index is 0.0750. The molecule has 0 amide bonds. The zero-order valence-corrected chi connectivity index (χ0v) is 13.0. The lowest BCUT2D eigenvalue weighted by atomic mass is 9.96. The maximum absolute atomic E-state index is 14.4. The van der Waals surface area contributed by atoms with Crippen LogP contribution >= 0.6 is 0 Å². The van der Waals surface area contributed by atoms with Gasteiger partial charge in [-0.1, -0.05) is 36.4 Å². The van der Waals surface area contributed by atoms with Crippen LogP contribution in [0.25, 0.3) is 0 Å². The number of ether oxygens (including phenoxy) is 1. The summed E-state index contributed by atoms with van der Waals surface area (Å²) < 4.78 is 20.3. The summed E-state index contributed by atoms with van der Waals surface area (Å²) in [5.41, 5.74) is 2.23. The van der Waals surface area contributed by atoms with Crippen molar-refractivity contribution in [2.24, 2.45) is 0 Å². The molecular weight excluding hydrogens is 265 g/mol. The third kappa shape index (κ3) is 3.42. The van der Waals surface area contributed by atoms with E-state index >= 15 is 0 Å². The average Bonchev–Trinajstić information content (AvgIpc) is 2.45. The molecule has 0 aliphatic rings. The fourth-order valence-corrected chi connectivity index (χ4v) is 2.45. The van der Waals surface area contributed by atoms with E-state index in [1.807, 2.05) is 57.3 Å². The Morgan fingerprint density at radius 1 is 1.00 bits per heavy atom. The molecule has 2 rings (SSSR count). The van der Waals surface area contributed by atoms with Crippen LogP contribution in [0.4, 0.5) is 4.39 Å². The molecule has 0 radical (unpaired) electrons. The molecule has 1 unspecified atom stereocenters. The highest BCUT2D eigenvalue weighted by Crippen LogP contribution is 2.32. The van der Waals surface area contributed by atoms with Crippen LogP contribution in [0.2, 0.25) is 0 Å². The zero-order chi connectivity index (χ0) is 15.4. The summed E-state index contributed by atoms with van der Waals surface area (Å²) in [6.07, 6.45) is 0.0750. The Bertz CT molecular complexity index is 610. The van der Waals surface area contributed by atoms with Gasteiger partial charge in [0.25, 0.3) is 0 Å². The van der Waals surface area contributed by atoms with Crippen LogP contribution in [0.15, 0.2) is 42.5 Å². The van der Waals surface area contributed by atoms with Gasteiger partial charge in [-0.3, -0.25) is 0 Å². The monoisotopic (exact) mass is 287 g/mol. The standard InChI is InChI=1S/C18H22FNO/c1-12(2)21-16-11-6-5-9-14(16)18(20-4)15-10-7-8-13(3)17(15)19/h5-12,18,20H,1-4H3. The maximum Gasteiger partial charge on any atom is 0.131 e. The van der Waals surface area contributed by atoms with Gasteiger partial charge in [0, 0.05) is 11.1 Å². The van der Waals surface area contributed by atoms with Gasteiger partial charge in [-0.25, -0.2) is 4.39 Å². The maximum atomic E-state index is 14.4. The highest BCUT2D eigenvalue weighted by Gasteiger charge is 2.20. The first-order chi connectivity index (χ1) is 10.0. The number of para-hydroxylation sites is 1. The summed E-state index contributed by atoms with van der Waals surface area (Å²) in [6, 6.07) is 13.0. The van der Waals surface area contributed by atoms with E-state index in [1.165, 1.54) is 0 Å². The van der Waals surface area contributed by atoms with E-state index in [1.54, 1.807) is 13.0 Å². The molecule has 0 fully saturated rings. The van der Waals surface area contributed by atoms with E-state index in [0.29, 0.717) is 11.1 Å². The molecule has 21 heavy (non-hydrogen) atoms. The SMILES string of the molecule is CNC(c1ccccc1OC(C)C)c1cccc(C)c1F. The smallest absolute Gasteiger partial charge is 0.131 e. The first kappa shape index (κ1) is 15.5. The van der Waals surface area contributed by atoms with Crippen LogP contribution in [0, 0.1) is 12.7 Å². The summed E-state index contributed by atoms with van der Waals surface area (Å²) in [5, 5.41) is 3.20. The molecule has 0 aliphatic carbocycles. The molecule has 2 aromatic rings. The quantitative estimate of drug-likeness (QED) is 0.888. The number of rotatable bonds is 5. The summed E-state index contributed by atoms with van der Waals surface area (Å²) in [5.74, 6) is 0.615. The second-order valence-corrected chi connectivity index (χ2v) is 5.40. The minimum Gasteiger partial charge on any atom is -0.491 e. The molecular formula is C18H22FNO. The van der Waals surface area contributed by atoms with Gasteiger partial charge in [0.1, 0.15) is 11.6 Å². The molecule has 0 bridgehead atoms. The van der Waals surface area contributed by atoms with Crippen molar-refractivity contribution in [2.75, 3.05) is 7.05 Å². The molecule has 2 nitrogen and oxygen atoms in total. The molecule has 0 aliphatic heterocycles. The largest absolute Gasteiger partial charge is 0.491 e. The third-order valence-electron chi connectivity index (χ3n) is 3.41.